The Morgan fingerprint density at radius 1 is 1.13 bits per heavy atom. The number of alkyl halides is 3. The van der Waals surface area contributed by atoms with E-state index in [0.29, 0.717) is 24.1 Å². The second kappa shape index (κ2) is 10.0. The highest BCUT2D eigenvalue weighted by atomic mass is 19.4. The number of hydrogen-bond donors (Lipinski definition) is 1. The molecule has 0 saturated carbocycles. The van der Waals surface area contributed by atoms with Gasteiger partial charge < -0.3 is 19.7 Å². The molecule has 0 bridgehead atoms. The molecule has 8 nitrogen and oxygen atoms in total. The molecule has 2 aromatic carbocycles. The molecule has 168 valence electrons. The molecule has 0 heterocycles. The first-order chi connectivity index (χ1) is 14.6. The normalized spacial score (nSPS) is 11.0. The van der Waals surface area contributed by atoms with Gasteiger partial charge in [0.15, 0.2) is 11.5 Å². The highest BCUT2D eigenvalue weighted by molar-refractivity contribution is 5.76. The van der Waals surface area contributed by atoms with Gasteiger partial charge in [-0.1, -0.05) is 6.07 Å². The summed E-state index contributed by atoms with van der Waals surface area (Å²) in [5, 5.41) is 13.8. The van der Waals surface area contributed by atoms with Gasteiger partial charge in [0, 0.05) is 32.6 Å². The van der Waals surface area contributed by atoms with Crippen LogP contribution in [0.4, 0.5) is 24.5 Å². The van der Waals surface area contributed by atoms with E-state index < -0.39 is 22.4 Å². The van der Waals surface area contributed by atoms with Gasteiger partial charge in [-0.05, 0) is 29.8 Å². The monoisotopic (exact) mass is 441 g/mol. The first-order valence-electron chi connectivity index (χ1n) is 9.11. The average Bonchev–Trinajstić information content (AvgIpc) is 2.72. The molecule has 0 aliphatic carbocycles. The van der Waals surface area contributed by atoms with Crippen molar-refractivity contribution in [3.05, 3.63) is 57.6 Å². The van der Waals surface area contributed by atoms with Crippen LogP contribution in [0.5, 0.6) is 11.5 Å². The lowest BCUT2D eigenvalue weighted by atomic mass is 10.1. The number of benzene rings is 2. The SMILES string of the molecule is COc1ccc(CN(C)C(=O)CCNc2ccc(C(F)(F)F)cc2[N+](=O)[O-])cc1OC. The van der Waals surface area contributed by atoms with Crippen molar-refractivity contribution in [3.63, 3.8) is 0 Å². The fourth-order valence-corrected chi connectivity index (χ4v) is 2.84. The van der Waals surface area contributed by atoms with E-state index >= 15 is 0 Å². The van der Waals surface area contributed by atoms with Gasteiger partial charge in [0.05, 0.1) is 24.7 Å². The van der Waals surface area contributed by atoms with Crippen LogP contribution in [0, 0.1) is 10.1 Å². The molecule has 0 aliphatic heterocycles. The van der Waals surface area contributed by atoms with Gasteiger partial charge in [-0.3, -0.25) is 14.9 Å². The third kappa shape index (κ3) is 6.24. The van der Waals surface area contributed by atoms with Crippen LogP contribution >= 0.6 is 0 Å². The maximum atomic E-state index is 12.8. The summed E-state index contributed by atoms with van der Waals surface area (Å²) in [4.78, 5) is 24.0. The summed E-state index contributed by atoms with van der Waals surface area (Å²) < 4.78 is 48.7. The number of nitrogens with one attached hydrogen (secondary N) is 1. The van der Waals surface area contributed by atoms with Crippen molar-refractivity contribution < 1.29 is 32.4 Å². The number of nitro benzene ring substituents is 1. The quantitative estimate of drug-likeness (QED) is 0.465. The van der Waals surface area contributed by atoms with Crippen LogP contribution in [-0.4, -0.2) is 43.5 Å². The number of carbonyl (C=O) groups excluding carboxylic acids is 1. The third-order valence-electron chi connectivity index (χ3n) is 4.47. The Bertz CT molecular complexity index is 950. The van der Waals surface area contributed by atoms with Gasteiger partial charge in [0.1, 0.15) is 5.69 Å². The number of anilines is 1. The van der Waals surface area contributed by atoms with Crippen LogP contribution in [0.2, 0.25) is 0 Å². The molecule has 2 rings (SSSR count). The standard InChI is InChI=1S/C20H22F3N3O5/c1-25(12-13-4-7-17(30-2)18(10-13)31-3)19(27)8-9-24-15-6-5-14(20(21,22)23)11-16(15)26(28)29/h4-7,10-11,24H,8-9,12H2,1-3H3. The lowest BCUT2D eigenvalue weighted by Crippen LogP contribution is -2.27. The third-order valence-corrected chi connectivity index (χ3v) is 4.47. The smallest absolute Gasteiger partial charge is 0.416 e. The zero-order valence-corrected chi connectivity index (χ0v) is 17.2. The second-order valence-electron chi connectivity index (χ2n) is 6.60. The van der Waals surface area contributed by atoms with Crippen molar-refractivity contribution in [1.29, 1.82) is 0 Å². The first-order valence-corrected chi connectivity index (χ1v) is 9.11. The Morgan fingerprint density at radius 3 is 2.39 bits per heavy atom. The summed E-state index contributed by atoms with van der Waals surface area (Å²) in [7, 11) is 4.61. The number of amides is 1. The van der Waals surface area contributed by atoms with Crippen molar-refractivity contribution in [2.75, 3.05) is 33.1 Å². The van der Waals surface area contributed by atoms with E-state index in [0.717, 1.165) is 17.7 Å². The van der Waals surface area contributed by atoms with Crippen molar-refractivity contribution in [2.24, 2.45) is 0 Å². The number of rotatable bonds is 9. The van der Waals surface area contributed by atoms with Gasteiger partial charge in [-0.15, -0.1) is 0 Å². The molecule has 0 aromatic heterocycles. The Hall–Kier alpha value is -3.50. The zero-order valence-electron chi connectivity index (χ0n) is 17.2. The topological polar surface area (TPSA) is 93.9 Å². The Morgan fingerprint density at radius 2 is 1.81 bits per heavy atom. The van der Waals surface area contributed by atoms with Gasteiger partial charge in [0.25, 0.3) is 5.69 Å². The zero-order chi connectivity index (χ0) is 23.2. The number of nitro groups is 1. The summed E-state index contributed by atoms with van der Waals surface area (Å²) >= 11 is 0. The summed E-state index contributed by atoms with van der Waals surface area (Å²) in [5.41, 5.74) is -1.11. The molecule has 0 saturated heterocycles. The molecule has 11 heteroatoms. The predicted molar refractivity (Wildman–Crippen MR) is 107 cm³/mol. The number of nitrogens with zero attached hydrogens (tertiary/aromatic N) is 2. The van der Waals surface area contributed by atoms with Crippen LogP contribution < -0.4 is 14.8 Å². The predicted octanol–water partition coefficient (Wildman–Crippen LogP) is 4.09. The number of hydrogen-bond acceptors (Lipinski definition) is 6. The van der Waals surface area contributed by atoms with Crippen LogP contribution in [0.3, 0.4) is 0 Å². The fourth-order valence-electron chi connectivity index (χ4n) is 2.84. The number of ether oxygens (including phenoxy) is 2. The average molecular weight is 441 g/mol. The number of halogens is 3. The van der Waals surface area contributed by atoms with Crippen molar-refractivity contribution in [1.82, 2.24) is 4.90 Å². The molecule has 2 aromatic rings. The van der Waals surface area contributed by atoms with E-state index in [4.69, 9.17) is 9.47 Å². The highest BCUT2D eigenvalue weighted by Crippen LogP contribution is 2.35. The van der Waals surface area contributed by atoms with Crippen molar-refractivity contribution >= 4 is 17.3 Å². The molecule has 0 radical (unpaired) electrons. The minimum absolute atomic E-state index is 0.0119. The Balaban J connectivity index is 1.98. The first kappa shape index (κ1) is 23.8. The molecular formula is C20H22F3N3O5. The van der Waals surface area contributed by atoms with Gasteiger partial charge in [-0.25, -0.2) is 0 Å². The lowest BCUT2D eigenvalue weighted by molar-refractivity contribution is -0.384. The van der Waals surface area contributed by atoms with Crippen LogP contribution in [0.1, 0.15) is 17.5 Å². The summed E-state index contributed by atoms with van der Waals surface area (Å²) in [6.07, 6.45) is -4.70. The van der Waals surface area contributed by atoms with Crippen LogP contribution in [0.25, 0.3) is 0 Å². The fraction of sp³-hybridized carbons (Fsp3) is 0.350. The molecule has 31 heavy (non-hydrogen) atoms. The van der Waals surface area contributed by atoms with E-state index in [1.54, 1.807) is 25.2 Å². The Labute approximate surface area is 176 Å². The van der Waals surface area contributed by atoms with E-state index in [1.165, 1.54) is 19.1 Å². The lowest BCUT2D eigenvalue weighted by Gasteiger charge is -2.18. The molecule has 0 atom stereocenters. The summed E-state index contributed by atoms with van der Waals surface area (Å²) in [5.74, 6) is 0.830. The van der Waals surface area contributed by atoms with Crippen molar-refractivity contribution in [2.45, 2.75) is 19.1 Å². The summed E-state index contributed by atoms with van der Waals surface area (Å²) in [6, 6.07) is 7.45. The van der Waals surface area contributed by atoms with Gasteiger partial charge in [0.2, 0.25) is 5.91 Å². The maximum absolute atomic E-state index is 12.8. The van der Waals surface area contributed by atoms with E-state index in [1.807, 2.05) is 0 Å². The molecule has 0 spiro atoms. The van der Waals surface area contributed by atoms with Crippen LogP contribution in [0.15, 0.2) is 36.4 Å². The largest absolute Gasteiger partial charge is 0.493 e. The van der Waals surface area contributed by atoms with Crippen molar-refractivity contribution in [3.8, 4) is 11.5 Å². The molecule has 1 amide bonds. The molecule has 0 unspecified atom stereocenters. The minimum Gasteiger partial charge on any atom is -0.493 e. The number of carbonyl (C=O) groups is 1. The highest BCUT2D eigenvalue weighted by Gasteiger charge is 2.33. The molecule has 0 aliphatic rings. The molecule has 1 N–H and O–H groups in total. The van der Waals surface area contributed by atoms with Crippen LogP contribution in [-0.2, 0) is 17.5 Å². The number of methoxy groups -OCH3 is 2. The molecule has 0 fully saturated rings. The van der Waals surface area contributed by atoms with E-state index in [-0.39, 0.29) is 24.6 Å². The summed E-state index contributed by atoms with van der Waals surface area (Å²) in [6.45, 7) is 0.306. The molecular weight excluding hydrogens is 419 g/mol. The second-order valence-corrected chi connectivity index (χ2v) is 6.60. The minimum atomic E-state index is -4.69. The van der Waals surface area contributed by atoms with Gasteiger partial charge >= 0.3 is 6.18 Å². The maximum Gasteiger partial charge on any atom is 0.416 e. The Kier molecular flexibility index (Phi) is 7.67. The van der Waals surface area contributed by atoms with E-state index in [9.17, 15) is 28.1 Å². The van der Waals surface area contributed by atoms with Gasteiger partial charge in [-0.2, -0.15) is 13.2 Å². The van der Waals surface area contributed by atoms with E-state index in [2.05, 4.69) is 5.32 Å².